The maximum atomic E-state index is 13.1. The highest BCUT2D eigenvalue weighted by atomic mass is 35.5. The Morgan fingerprint density at radius 1 is 1.46 bits per heavy atom. The van der Waals surface area contributed by atoms with Crippen LogP contribution in [0.15, 0.2) is 15.4 Å². The van der Waals surface area contributed by atoms with Crippen molar-refractivity contribution in [3.8, 4) is 0 Å². The number of esters is 1. The summed E-state index contributed by atoms with van der Waals surface area (Å²) in [6.45, 7) is 5.62. The summed E-state index contributed by atoms with van der Waals surface area (Å²) in [6, 6.07) is 1.21. The molecule has 0 amide bonds. The molecule has 1 aliphatic rings. The third-order valence-electron chi connectivity index (χ3n) is 3.95. The van der Waals surface area contributed by atoms with Crippen LogP contribution in [-0.2, 0) is 21.2 Å². The minimum absolute atomic E-state index is 0. The lowest BCUT2D eigenvalue weighted by Crippen LogP contribution is -2.42. The highest BCUT2D eigenvalue weighted by molar-refractivity contribution is 7.89. The van der Waals surface area contributed by atoms with Crippen molar-refractivity contribution >= 4 is 28.4 Å². The SMILES string of the molecule is CCCN(C1CCNC1)S(=O)(=O)c1cc(C(=O)OC)oc1CC.Cl. The first kappa shape index (κ1) is 21.0. The summed E-state index contributed by atoms with van der Waals surface area (Å²) in [5.74, 6) is -0.466. The Balaban J connectivity index is 0.00000288. The molecule has 0 radical (unpaired) electrons. The van der Waals surface area contributed by atoms with Gasteiger partial charge in [-0.25, -0.2) is 13.2 Å². The number of sulfonamides is 1. The Morgan fingerprint density at radius 3 is 2.67 bits per heavy atom. The summed E-state index contributed by atoms with van der Waals surface area (Å²) < 4.78 is 37.7. The molecule has 9 heteroatoms. The lowest BCUT2D eigenvalue weighted by Gasteiger charge is -2.27. The van der Waals surface area contributed by atoms with E-state index in [0.717, 1.165) is 19.4 Å². The summed E-state index contributed by atoms with van der Waals surface area (Å²) in [4.78, 5) is 11.7. The lowest BCUT2D eigenvalue weighted by molar-refractivity contribution is 0.0563. The zero-order valence-corrected chi connectivity index (χ0v) is 15.8. The maximum Gasteiger partial charge on any atom is 0.373 e. The number of methoxy groups -OCH3 is 1. The summed E-state index contributed by atoms with van der Waals surface area (Å²) in [5.41, 5.74) is 0. The fourth-order valence-corrected chi connectivity index (χ4v) is 4.79. The van der Waals surface area contributed by atoms with Gasteiger partial charge in [-0.3, -0.25) is 0 Å². The van der Waals surface area contributed by atoms with Gasteiger partial charge in [-0.1, -0.05) is 13.8 Å². The largest absolute Gasteiger partial charge is 0.463 e. The number of furan rings is 1. The molecule has 1 fully saturated rings. The third kappa shape index (κ3) is 4.11. The number of rotatable bonds is 7. The van der Waals surface area contributed by atoms with Gasteiger partial charge in [0, 0.05) is 31.6 Å². The van der Waals surface area contributed by atoms with E-state index in [1.165, 1.54) is 17.5 Å². The van der Waals surface area contributed by atoms with E-state index in [9.17, 15) is 13.2 Å². The standard InChI is InChI=1S/C15H24N2O5S.ClH/c1-4-8-17(11-6-7-16-10-11)23(19,20)14-9-13(15(18)21-3)22-12(14)5-2;/h9,11,16H,4-8,10H2,1-3H3;1H. The predicted molar refractivity (Wildman–Crippen MR) is 92.1 cm³/mol. The van der Waals surface area contributed by atoms with Crippen molar-refractivity contribution in [2.75, 3.05) is 26.7 Å². The molecule has 2 heterocycles. The molecule has 1 saturated heterocycles. The van der Waals surface area contributed by atoms with E-state index < -0.39 is 16.0 Å². The molecule has 138 valence electrons. The van der Waals surface area contributed by atoms with Gasteiger partial charge in [0.05, 0.1) is 7.11 Å². The molecule has 1 aliphatic heterocycles. The van der Waals surface area contributed by atoms with Crippen molar-refractivity contribution < 1.29 is 22.4 Å². The van der Waals surface area contributed by atoms with Gasteiger partial charge in [0.1, 0.15) is 10.7 Å². The molecular formula is C15H25ClN2O5S. The molecule has 0 bridgehead atoms. The summed E-state index contributed by atoms with van der Waals surface area (Å²) >= 11 is 0. The number of hydrogen-bond acceptors (Lipinski definition) is 6. The second-order valence-electron chi connectivity index (χ2n) is 5.51. The number of ether oxygens (including phenoxy) is 1. The van der Waals surface area contributed by atoms with Crippen LogP contribution in [0.3, 0.4) is 0 Å². The predicted octanol–water partition coefficient (Wildman–Crippen LogP) is 1.81. The van der Waals surface area contributed by atoms with Gasteiger partial charge < -0.3 is 14.5 Å². The van der Waals surface area contributed by atoms with Gasteiger partial charge in [-0.2, -0.15) is 4.31 Å². The van der Waals surface area contributed by atoms with Crippen LogP contribution in [0.25, 0.3) is 0 Å². The van der Waals surface area contributed by atoms with Gasteiger partial charge >= 0.3 is 5.97 Å². The third-order valence-corrected chi connectivity index (χ3v) is 5.95. The Bertz CT molecular complexity index is 653. The van der Waals surface area contributed by atoms with Crippen LogP contribution < -0.4 is 5.32 Å². The van der Waals surface area contributed by atoms with Crippen LogP contribution in [0.4, 0.5) is 0 Å². The Morgan fingerprint density at radius 2 is 2.17 bits per heavy atom. The fourth-order valence-electron chi connectivity index (χ4n) is 2.81. The second-order valence-corrected chi connectivity index (χ2v) is 7.36. The number of halogens is 1. The van der Waals surface area contributed by atoms with Gasteiger partial charge in [0.15, 0.2) is 0 Å². The van der Waals surface area contributed by atoms with E-state index in [0.29, 0.717) is 19.5 Å². The highest BCUT2D eigenvalue weighted by Gasteiger charge is 2.36. The van der Waals surface area contributed by atoms with Crippen LogP contribution in [0, 0.1) is 0 Å². The number of carbonyl (C=O) groups excluding carboxylic acids is 1. The molecule has 0 aromatic carbocycles. The molecule has 1 N–H and O–H groups in total. The first-order valence-electron chi connectivity index (χ1n) is 7.89. The van der Waals surface area contributed by atoms with Crippen LogP contribution >= 0.6 is 12.4 Å². The first-order valence-corrected chi connectivity index (χ1v) is 9.33. The zero-order chi connectivity index (χ0) is 17.0. The smallest absolute Gasteiger partial charge is 0.373 e. The zero-order valence-electron chi connectivity index (χ0n) is 14.2. The molecular weight excluding hydrogens is 356 g/mol. The molecule has 2 rings (SSSR count). The van der Waals surface area contributed by atoms with Crippen molar-refractivity contribution in [1.29, 1.82) is 0 Å². The van der Waals surface area contributed by atoms with Crippen LogP contribution in [0.1, 0.15) is 43.0 Å². The molecule has 24 heavy (non-hydrogen) atoms. The number of carbonyl (C=O) groups is 1. The van der Waals surface area contributed by atoms with Crippen molar-refractivity contribution in [1.82, 2.24) is 9.62 Å². The van der Waals surface area contributed by atoms with Gasteiger partial charge in [-0.05, 0) is 19.4 Å². The number of nitrogens with zero attached hydrogens (tertiary/aromatic N) is 1. The lowest BCUT2D eigenvalue weighted by atomic mass is 10.2. The molecule has 7 nitrogen and oxygen atoms in total. The monoisotopic (exact) mass is 380 g/mol. The summed E-state index contributed by atoms with van der Waals surface area (Å²) in [5, 5.41) is 3.19. The van der Waals surface area contributed by atoms with Crippen LogP contribution in [-0.4, -0.2) is 51.5 Å². The molecule has 0 spiro atoms. The van der Waals surface area contributed by atoms with E-state index in [1.54, 1.807) is 6.92 Å². The van der Waals surface area contributed by atoms with Crippen molar-refractivity contribution in [2.24, 2.45) is 0 Å². The number of hydrogen-bond donors (Lipinski definition) is 1. The van der Waals surface area contributed by atoms with Crippen molar-refractivity contribution in [3.63, 3.8) is 0 Å². The molecule has 1 unspecified atom stereocenters. The van der Waals surface area contributed by atoms with Crippen molar-refractivity contribution in [2.45, 2.75) is 44.0 Å². The van der Waals surface area contributed by atoms with E-state index in [2.05, 4.69) is 10.1 Å². The topological polar surface area (TPSA) is 88.9 Å². The number of aryl methyl sites for hydroxylation is 1. The highest BCUT2D eigenvalue weighted by Crippen LogP contribution is 2.28. The summed E-state index contributed by atoms with van der Waals surface area (Å²) in [7, 11) is -2.48. The van der Waals surface area contributed by atoms with Gasteiger partial charge in [0.2, 0.25) is 15.8 Å². The fraction of sp³-hybridized carbons (Fsp3) is 0.667. The Kier molecular flexibility index (Phi) is 7.72. The second kappa shape index (κ2) is 8.84. The van der Waals surface area contributed by atoms with Gasteiger partial charge in [0.25, 0.3) is 0 Å². The average molecular weight is 381 g/mol. The number of nitrogens with one attached hydrogen (secondary N) is 1. The molecule has 1 atom stereocenters. The Labute approximate surface area is 149 Å². The molecule has 1 aromatic rings. The summed E-state index contributed by atoms with van der Waals surface area (Å²) in [6.07, 6.45) is 1.88. The average Bonchev–Trinajstić information content (AvgIpc) is 3.20. The van der Waals surface area contributed by atoms with Crippen LogP contribution in [0.5, 0.6) is 0 Å². The van der Waals surface area contributed by atoms with E-state index in [1.807, 2.05) is 6.92 Å². The minimum Gasteiger partial charge on any atom is -0.463 e. The molecule has 0 saturated carbocycles. The van der Waals surface area contributed by atoms with Crippen molar-refractivity contribution in [3.05, 3.63) is 17.6 Å². The Hall–Kier alpha value is -1.09. The maximum absolute atomic E-state index is 13.1. The molecule has 1 aromatic heterocycles. The van der Waals surface area contributed by atoms with E-state index in [-0.39, 0.29) is 34.9 Å². The normalized spacial score (nSPS) is 17.8. The quantitative estimate of drug-likeness (QED) is 0.726. The van der Waals surface area contributed by atoms with Gasteiger partial charge in [-0.15, -0.1) is 12.4 Å². The van der Waals surface area contributed by atoms with E-state index >= 15 is 0 Å². The minimum atomic E-state index is -3.72. The molecule has 0 aliphatic carbocycles. The van der Waals surface area contributed by atoms with E-state index in [4.69, 9.17) is 4.42 Å². The van der Waals surface area contributed by atoms with Crippen LogP contribution in [0.2, 0.25) is 0 Å². The first-order chi connectivity index (χ1) is 11.0.